The zero-order valence-corrected chi connectivity index (χ0v) is 6.58. The Kier molecular flexibility index (Phi) is 3.37. The second-order valence-electron chi connectivity index (χ2n) is 2.39. The van der Waals surface area contributed by atoms with Crippen LogP contribution in [0.5, 0.6) is 0 Å². The molecule has 0 amide bonds. The molecular formula is C8H12O3. The molecular weight excluding hydrogens is 144 g/mol. The molecule has 0 radical (unpaired) electrons. The average molecular weight is 156 g/mol. The van der Waals surface area contributed by atoms with Crippen LogP contribution in [0.25, 0.3) is 0 Å². The van der Waals surface area contributed by atoms with Gasteiger partial charge >= 0.3 is 0 Å². The molecule has 1 fully saturated rings. The minimum atomic E-state index is 0.197. The van der Waals surface area contributed by atoms with Gasteiger partial charge in [0.05, 0.1) is 13.2 Å². The number of ether oxygens (including phenoxy) is 3. The lowest BCUT2D eigenvalue weighted by Crippen LogP contribution is -2.08. The highest BCUT2D eigenvalue weighted by molar-refractivity contribution is 4.87. The Labute approximate surface area is 66.6 Å². The maximum atomic E-state index is 5.19. The van der Waals surface area contributed by atoms with Crippen molar-refractivity contribution in [3.05, 3.63) is 0 Å². The number of rotatable bonds is 5. The molecule has 0 N–H and O–H groups in total. The molecule has 0 aromatic carbocycles. The van der Waals surface area contributed by atoms with Gasteiger partial charge in [0.1, 0.15) is 18.8 Å². The van der Waals surface area contributed by atoms with Crippen molar-refractivity contribution < 1.29 is 14.2 Å². The SMILES string of the molecule is C#CCOC[C@@H]1O[C@@H]1COC. The van der Waals surface area contributed by atoms with Gasteiger partial charge in [0.2, 0.25) is 0 Å². The summed E-state index contributed by atoms with van der Waals surface area (Å²) >= 11 is 0. The first-order valence-electron chi connectivity index (χ1n) is 3.54. The van der Waals surface area contributed by atoms with Crippen LogP contribution in [-0.4, -0.2) is 39.1 Å². The Balaban J connectivity index is 1.92. The molecule has 0 unspecified atom stereocenters. The van der Waals surface area contributed by atoms with Gasteiger partial charge in [-0.05, 0) is 0 Å². The number of epoxide rings is 1. The first kappa shape index (κ1) is 8.54. The normalized spacial score (nSPS) is 28.0. The van der Waals surface area contributed by atoms with Crippen LogP contribution in [0.3, 0.4) is 0 Å². The first-order chi connectivity index (χ1) is 5.38. The molecule has 11 heavy (non-hydrogen) atoms. The zero-order chi connectivity index (χ0) is 8.10. The summed E-state index contributed by atoms with van der Waals surface area (Å²) in [6, 6.07) is 0. The molecule has 1 heterocycles. The molecule has 0 bridgehead atoms. The van der Waals surface area contributed by atoms with Crippen LogP contribution < -0.4 is 0 Å². The third kappa shape index (κ3) is 2.89. The van der Waals surface area contributed by atoms with Gasteiger partial charge in [-0.3, -0.25) is 0 Å². The fourth-order valence-corrected chi connectivity index (χ4v) is 0.871. The molecule has 1 aliphatic heterocycles. The second kappa shape index (κ2) is 4.35. The van der Waals surface area contributed by atoms with E-state index in [4.69, 9.17) is 20.6 Å². The molecule has 0 aliphatic carbocycles. The van der Waals surface area contributed by atoms with Crippen molar-refractivity contribution in [3.8, 4) is 12.3 Å². The molecule has 0 aromatic heterocycles. The van der Waals surface area contributed by atoms with E-state index in [1.165, 1.54) is 0 Å². The number of hydrogen-bond donors (Lipinski definition) is 0. The Morgan fingerprint density at radius 2 is 2.18 bits per heavy atom. The lowest BCUT2D eigenvalue weighted by atomic mass is 10.3. The van der Waals surface area contributed by atoms with Gasteiger partial charge in [0.15, 0.2) is 0 Å². The minimum absolute atomic E-state index is 0.197. The van der Waals surface area contributed by atoms with E-state index in [1.807, 2.05) is 0 Å². The van der Waals surface area contributed by atoms with E-state index < -0.39 is 0 Å². The van der Waals surface area contributed by atoms with E-state index in [2.05, 4.69) is 5.92 Å². The van der Waals surface area contributed by atoms with Crippen molar-refractivity contribution >= 4 is 0 Å². The van der Waals surface area contributed by atoms with E-state index >= 15 is 0 Å². The van der Waals surface area contributed by atoms with Gasteiger partial charge in [-0.25, -0.2) is 0 Å². The summed E-state index contributed by atoms with van der Waals surface area (Å²) in [5.41, 5.74) is 0. The van der Waals surface area contributed by atoms with Crippen molar-refractivity contribution in [2.45, 2.75) is 12.2 Å². The monoisotopic (exact) mass is 156 g/mol. The van der Waals surface area contributed by atoms with E-state index in [0.29, 0.717) is 19.8 Å². The minimum Gasteiger partial charge on any atom is -0.382 e. The highest BCUT2D eigenvalue weighted by atomic mass is 16.6. The van der Waals surface area contributed by atoms with Crippen LogP contribution in [0.4, 0.5) is 0 Å². The second-order valence-corrected chi connectivity index (χ2v) is 2.39. The van der Waals surface area contributed by atoms with Crippen LogP contribution in [0, 0.1) is 12.3 Å². The third-order valence-electron chi connectivity index (χ3n) is 1.49. The Morgan fingerprint density at radius 1 is 1.45 bits per heavy atom. The van der Waals surface area contributed by atoms with Gasteiger partial charge in [-0.15, -0.1) is 6.42 Å². The predicted molar refractivity (Wildman–Crippen MR) is 40.2 cm³/mol. The van der Waals surface area contributed by atoms with Gasteiger partial charge in [0.25, 0.3) is 0 Å². The summed E-state index contributed by atoms with van der Waals surface area (Å²) in [6.07, 6.45) is 5.41. The zero-order valence-electron chi connectivity index (χ0n) is 6.58. The molecule has 0 saturated carbocycles. The van der Waals surface area contributed by atoms with Crippen LogP contribution in [0.1, 0.15) is 0 Å². The predicted octanol–water partition coefficient (Wildman–Crippen LogP) is 0.0500. The largest absolute Gasteiger partial charge is 0.382 e. The topological polar surface area (TPSA) is 31.0 Å². The highest BCUT2D eigenvalue weighted by Gasteiger charge is 2.38. The third-order valence-corrected chi connectivity index (χ3v) is 1.49. The maximum absolute atomic E-state index is 5.19. The fraction of sp³-hybridized carbons (Fsp3) is 0.750. The van der Waals surface area contributed by atoms with Crippen molar-refractivity contribution in [2.75, 3.05) is 26.9 Å². The van der Waals surface area contributed by atoms with E-state index in [9.17, 15) is 0 Å². The Bertz CT molecular complexity index is 150. The van der Waals surface area contributed by atoms with Crippen LogP contribution in [-0.2, 0) is 14.2 Å². The Hall–Kier alpha value is -0.560. The van der Waals surface area contributed by atoms with Crippen LogP contribution in [0.15, 0.2) is 0 Å². The van der Waals surface area contributed by atoms with Gasteiger partial charge in [0, 0.05) is 7.11 Å². The van der Waals surface area contributed by atoms with Gasteiger partial charge < -0.3 is 14.2 Å². The van der Waals surface area contributed by atoms with Crippen molar-refractivity contribution in [3.63, 3.8) is 0 Å². The molecule has 1 aliphatic rings. The first-order valence-corrected chi connectivity index (χ1v) is 3.54. The molecule has 1 rings (SSSR count). The fourth-order valence-electron chi connectivity index (χ4n) is 0.871. The molecule has 3 heteroatoms. The maximum Gasteiger partial charge on any atom is 0.110 e. The average Bonchev–Trinajstić information content (AvgIpc) is 2.70. The number of terminal acetylenes is 1. The summed E-state index contributed by atoms with van der Waals surface area (Å²) in [7, 11) is 1.65. The van der Waals surface area contributed by atoms with E-state index in [0.717, 1.165) is 0 Å². The lowest BCUT2D eigenvalue weighted by Gasteiger charge is -1.94. The number of hydrogen-bond acceptors (Lipinski definition) is 3. The van der Waals surface area contributed by atoms with Crippen molar-refractivity contribution in [2.24, 2.45) is 0 Å². The summed E-state index contributed by atoms with van der Waals surface area (Å²) in [5.74, 6) is 2.39. The quantitative estimate of drug-likeness (QED) is 0.320. The van der Waals surface area contributed by atoms with Crippen LogP contribution in [0.2, 0.25) is 0 Å². The molecule has 62 valence electrons. The summed E-state index contributed by atoms with van der Waals surface area (Å²) in [5, 5.41) is 0. The highest BCUT2D eigenvalue weighted by Crippen LogP contribution is 2.21. The summed E-state index contributed by atoms with van der Waals surface area (Å²) in [4.78, 5) is 0. The Morgan fingerprint density at radius 3 is 2.82 bits per heavy atom. The van der Waals surface area contributed by atoms with E-state index in [1.54, 1.807) is 7.11 Å². The summed E-state index contributed by atoms with van der Waals surface area (Å²) < 4.78 is 15.1. The number of methoxy groups -OCH3 is 1. The van der Waals surface area contributed by atoms with E-state index in [-0.39, 0.29) is 12.2 Å². The molecule has 2 atom stereocenters. The van der Waals surface area contributed by atoms with Crippen molar-refractivity contribution in [1.82, 2.24) is 0 Å². The van der Waals surface area contributed by atoms with Crippen molar-refractivity contribution in [1.29, 1.82) is 0 Å². The smallest absolute Gasteiger partial charge is 0.110 e. The standard InChI is InChI=1S/C8H12O3/c1-3-4-10-6-8-7(11-8)5-9-2/h1,7-8H,4-6H2,2H3/t7-,8+/m1/s1. The molecule has 0 aromatic rings. The molecule has 0 spiro atoms. The molecule has 3 nitrogen and oxygen atoms in total. The van der Waals surface area contributed by atoms with Gasteiger partial charge in [-0.1, -0.05) is 5.92 Å². The van der Waals surface area contributed by atoms with Crippen LogP contribution >= 0.6 is 0 Å². The summed E-state index contributed by atoms with van der Waals surface area (Å²) in [6.45, 7) is 1.59. The lowest BCUT2D eigenvalue weighted by molar-refractivity contribution is 0.144. The van der Waals surface area contributed by atoms with Gasteiger partial charge in [-0.2, -0.15) is 0 Å². The molecule has 1 saturated heterocycles.